The Bertz CT molecular complexity index is 902. The SMILES string of the molecule is O=C(Nc1nnc(C2CCCO2)s1)c1ccc(-c2ccccc2Cl)o1. The molecule has 3 heterocycles. The summed E-state index contributed by atoms with van der Waals surface area (Å²) in [6.07, 6.45) is 1.93. The fourth-order valence-electron chi connectivity index (χ4n) is 2.61. The molecule has 25 heavy (non-hydrogen) atoms. The Morgan fingerprint density at radius 2 is 2.12 bits per heavy atom. The minimum Gasteiger partial charge on any atom is -0.451 e. The van der Waals surface area contributed by atoms with Crippen LogP contribution in [0.2, 0.25) is 5.02 Å². The highest BCUT2D eigenvalue weighted by Gasteiger charge is 2.23. The van der Waals surface area contributed by atoms with Crippen LogP contribution in [0, 0.1) is 0 Å². The van der Waals surface area contributed by atoms with Crippen molar-refractivity contribution >= 4 is 34.0 Å². The van der Waals surface area contributed by atoms with Gasteiger partial charge >= 0.3 is 0 Å². The van der Waals surface area contributed by atoms with Crippen LogP contribution in [0.1, 0.15) is 34.5 Å². The van der Waals surface area contributed by atoms with Gasteiger partial charge in [-0.3, -0.25) is 10.1 Å². The lowest BCUT2D eigenvalue weighted by Crippen LogP contribution is -2.10. The number of carbonyl (C=O) groups excluding carboxylic acids is 1. The van der Waals surface area contributed by atoms with E-state index >= 15 is 0 Å². The van der Waals surface area contributed by atoms with E-state index in [1.54, 1.807) is 18.2 Å². The number of hydrogen-bond acceptors (Lipinski definition) is 6. The summed E-state index contributed by atoms with van der Waals surface area (Å²) in [6.45, 7) is 0.739. The number of hydrogen-bond donors (Lipinski definition) is 1. The molecule has 1 amide bonds. The smallest absolute Gasteiger partial charge is 0.293 e. The maximum Gasteiger partial charge on any atom is 0.293 e. The van der Waals surface area contributed by atoms with E-state index in [2.05, 4.69) is 15.5 Å². The lowest BCUT2D eigenvalue weighted by Gasteiger charge is -2.02. The van der Waals surface area contributed by atoms with Crippen LogP contribution >= 0.6 is 22.9 Å². The van der Waals surface area contributed by atoms with E-state index in [1.165, 1.54) is 11.3 Å². The van der Waals surface area contributed by atoms with Gasteiger partial charge in [-0.15, -0.1) is 10.2 Å². The van der Waals surface area contributed by atoms with Gasteiger partial charge in [-0.2, -0.15) is 0 Å². The minimum absolute atomic E-state index is 0.0152. The first kappa shape index (κ1) is 16.3. The molecule has 1 aliphatic rings. The number of amides is 1. The molecular formula is C17H14ClN3O3S. The van der Waals surface area contributed by atoms with E-state index in [0.29, 0.717) is 15.9 Å². The third-order valence-electron chi connectivity index (χ3n) is 3.84. The van der Waals surface area contributed by atoms with Crippen LogP contribution in [0.3, 0.4) is 0 Å². The van der Waals surface area contributed by atoms with E-state index in [4.69, 9.17) is 20.8 Å². The minimum atomic E-state index is -0.381. The van der Waals surface area contributed by atoms with Gasteiger partial charge in [0.15, 0.2) is 5.76 Å². The molecule has 1 aromatic carbocycles. The Morgan fingerprint density at radius 1 is 1.24 bits per heavy atom. The van der Waals surface area contributed by atoms with E-state index in [0.717, 1.165) is 30.0 Å². The number of anilines is 1. The third-order valence-corrected chi connectivity index (χ3v) is 5.10. The highest BCUT2D eigenvalue weighted by molar-refractivity contribution is 7.15. The topological polar surface area (TPSA) is 77.2 Å². The van der Waals surface area contributed by atoms with Crippen LogP contribution in [0.4, 0.5) is 5.13 Å². The van der Waals surface area contributed by atoms with E-state index in [-0.39, 0.29) is 17.8 Å². The Labute approximate surface area is 152 Å². The van der Waals surface area contributed by atoms with Gasteiger partial charge in [0, 0.05) is 12.2 Å². The van der Waals surface area contributed by atoms with Gasteiger partial charge < -0.3 is 9.15 Å². The summed E-state index contributed by atoms with van der Waals surface area (Å²) in [7, 11) is 0. The summed E-state index contributed by atoms with van der Waals surface area (Å²) < 4.78 is 11.2. The monoisotopic (exact) mass is 375 g/mol. The van der Waals surface area contributed by atoms with Crippen molar-refractivity contribution in [3.05, 3.63) is 52.2 Å². The summed E-state index contributed by atoms with van der Waals surface area (Å²) in [6, 6.07) is 10.6. The van der Waals surface area contributed by atoms with Crippen LogP contribution in [0.15, 0.2) is 40.8 Å². The van der Waals surface area contributed by atoms with Crippen LogP contribution in [-0.2, 0) is 4.74 Å². The zero-order valence-electron chi connectivity index (χ0n) is 13.1. The van der Waals surface area contributed by atoms with Gasteiger partial charge in [0.05, 0.1) is 5.02 Å². The second-order valence-corrected chi connectivity index (χ2v) is 6.96. The highest BCUT2D eigenvalue weighted by Crippen LogP contribution is 2.32. The number of nitrogens with one attached hydrogen (secondary N) is 1. The van der Waals surface area contributed by atoms with E-state index in [1.807, 2.05) is 18.2 Å². The number of furan rings is 1. The second kappa shape index (κ2) is 6.95. The summed E-state index contributed by atoms with van der Waals surface area (Å²) in [4.78, 5) is 12.3. The molecule has 0 bridgehead atoms. The number of nitrogens with zero attached hydrogens (tertiary/aromatic N) is 2. The van der Waals surface area contributed by atoms with Gasteiger partial charge in [0.25, 0.3) is 5.91 Å². The molecule has 1 aliphatic heterocycles. The lowest BCUT2D eigenvalue weighted by atomic mass is 10.2. The zero-order valence-corrected chi connectivity index (χ0v) is 14.6. The lowest BCUT2D eigenvalue weighted by molar-refractivity contribution is 0.0997. The number of ether oxygens (including phenoxy) is 1. The van der Waals surface area contributed by atoms with Crippen molar-refractivity contribution < 1.29 is 13.9 Å². The zero-order chi connectivity index (χ0) is 17.2. The number of aromatic nitrogens is 2. The number of carbonyl (C=O) groups is 1. The second-order valence-electron chi connectivity index (χ2n) is 5.54. The fraction of sp³-hybridized carbons (Fsp3) is 0.235. The molecule has 3 aromatic rings. The van der Waals surface area contributed by atoms with Crippen molar-refractivity contribution in [3.63, 3.8) is 0 Å². The largest absolute Gasteiger partial charge is 0.451 e. The van der Waals surface area contributed by atoms with Gasteiger partial charge in [-0.25, -0.2) is 0 Å². The van der Waals surface area contributed by atoms with Crippen molar-refractivity contribution in [2.45, 2.75) is 18.9 Å². The molecule has 0 spiro atoms. The molecule has 1 saturated heterocycles. The summed E-state index contributed by atoms with van der Waals surface area (Å²) in [5.41, 5.74) is 0.736. The third kappa shape index (κ3) is 3.44. The summed E-state index contributed by atoms with van der Waals surface area (Å²) >= 11 is 7.47. The normalized spacial score (nSPS) is 16.9. The molecular weight excluding hydrogens is 362 g/mol. The number of halogens is 1. The fourth-order valence-corrected chi connectivity index (χ4v) is 3.66. The van der Waals surface area contributed by atoms with Gasteiger partial charge in [0.1, 0.15) is 16.9 Å². The van der Waals surface area contributed by atoms with Crippen LogP contribution < -0.4 is 5.32 Å². The predicted molar refractivity (Wildman–Crippen MR) is 94.9 cm³/mol. The standard InChI is InChI=1S/C17H14ClN3O3S/c18-11-5-2-1-4-10(11)12-7-8-13(24-12)15(22)19-17-21-20-16(25-17)14-6-3-9-23-14/h1-2,4-5,7-8,14H,3,6,9H2,(H,19,21,22). The van der Waals surface area contributed by atoms with Crippen LogP contribution in [-0.4, -0.2) is 22.7 Å². The average molecular weight is 376 g/mol. The quantitative estimate of drug-likeness (QED) is 0.723. The van der Waals surface area contributed by atoms with Crippen LogP contribution in [0.25, 0.3) is 11.3 Å². The molecule has 1 N–H and O–H groups in total. The van der Waals surface area contributed by atoms with Crippen molar-refractivity contribution in [3.8, 4) is 11.3 Å². The Kier molecular flexibility index (Phi) is 4.52. The molecule has 6 nitrogen and oxygen atoms in total. The van der Waals surface area contributed by atoms with E-state index < -0.39 is 0 Å². The van der Waals surface area contributed by atoms with Gasteiger partial charge in [-0.05, 0) is 37.1 Å². The molecule has 0 aliphatic carbocycles. The molecule has 0 saturated carbocycles. The van der Waals surface area contributed by atoms with Gasteiger partial charge in [-0.1, -0.05) is 35.1 Å². The average Bonchev–Trinajstić information content (AvgIpc) is 3.36. The maximum atomic E-state index is 12.3. The molecule has 1 atom stereocenters. The van der Waals surface area contributed by atoms with Crippen molar-refractivity contribution in [1.82, 2.24) is 10.2 Å². The predicted octanol–water partition coefficient (Wildman–Crippen LogP) is 4.56. The number of rotatable bonds is 4. The first-order chi connectivity index (χ1) is 12.2. The Morgan fingerprint density at radius 3 is 2.92 bits per heavy atom. The van der Waals surface area contributed by atoms with E-state index in [9.17, 15) is 4.79 Å². The molecule has 0 radical (unpaired) electrons. The molecule has 1 unspecified atom stereocenters. The maximum absolute atomic E-state index is 12.3. The summed E-state index contributed by atoms with van der Waals surface area (Å²) in [5.74, 6) is 0.338. The highest BCUT2D eigenvalue weighted by atomic mass is 35.5. The van der Waals surface area contributed by atoms with Gasteiger partial charge in [0.2, 0.25) is 5.13 Å². The summed E-state index contributed by atoms with van der Waals surface area (Å²) in [5, 5.41) is 12.6. The Hall–Kier alpha value is -2.22. The first-order valence-electron chi connectivity index (χ1n) is 7.82. The first-order valence-corrected chi connectivity index (χ1v) is 9.01. The van der Waals surface area contributed by atoms with Crippen molar-refractivity contribution in [2.75, 3.05) is 11.9 Å². The molecule has 128 valence electrons. The Balaban J connectivity index is 1.48. The van der Waals surface area contributed by atoms with Crippen LogP contribution in [0.5, 0.6) is 0 Å². The molecule has 1 fully saturated rings. The molecule has 8 heteroatoms. The molecule has 2 aromatic heterocycles. The number of benzene rings is 1. The molecule has 4 rings (SSSR count). The van der Waals surface area contributed by atoms with Crippen molar-refractivity contribution in [1.29, 1.82) is 0 Å². The van der Waals surface area contributed by atoms with Crippen molar-refractivity contribution in [2.24, 2.45) is 0 Å².